The SMILES string of the molecule is Cc1cc(C)cc([Si](c2cc(C)cc(C)c2)C(C)c2ccccc2[Si]Cc2ccccc2)c1. The van der Waals surface area contributed by atoms with Crippen LogP contribution in [-0.2, 0) is 6.04 Å². The van der Waals surface area contributed by atoms with E-state index in [1.807, 2.05) is 0 Å². The summed E-state index contributed by atoms with van der Waals surface area (Å²) in [6.07, 6.45) is 0. The summed E-state index contributed by atoms with van der Waals surface area (Å²) in [5.74, 6) is 0. The molecule has 4 aromatic rings. The quantitative estimate of drug-likeness (QED) is 0.323. The number of rotatable bonds is 7. The molecule has 33 heavy (non-hydrogen) atoms. The third kappa shape index (κ3) is 5.82. The second-order valence-electron chi connectivity index (χ2n) is 9.31. The van der Waals surface area contributed by atoms with Crippen molar-refractivity contribution in [3.8, 4) is 0 Å². The second kappa shape index (κ2) is 10.5. The van der Waals surface area contributed by atoms with Crippen molar-refractivity contribution in [2.24, 2.45) is 0 Å². The summed E-state index contributed by atoms with van der Waals surface area (Å²) in [4.78, 5) is 0. The van der Waals surface area contributed by atoms with Crippen molar-refractivity contribution in [1.29, 1.82) is 0 Å². The van der Waals surface area contributed by atoms with Crippen LogP contribution in [0.15, 0.2) is 91.0 Å². The summed E-state index contributed by atoms with van der Waals surface area (Å²) < 4.78 is 0. The minimum Gasteiger partial charge on any atom is -0.0633 e. The zero-order chi connectivity index (χ0) is 23.4. The fourth-order valence-electron chi connectivity index (χ4n) is 4.91. The maximum Gasteiger partial charge on any atom is 0.128 e. The van der Waals surface area contributed by atoms with Crippen molar-refractivity contribution in [3.05, 3.63) is 124 Å². The lowest BCUT2D eigenvalue weighted by molar-refractivity contribution is 1.07. The summed E-state index contributed by atoms with van der Waals surface area (Å²) in [5, 5.41) is 4.57. The topological polar surface area (TPSA) is 0 Å². The van der Waals surface area contributed by atoms with Crippen LogP contribution in [0.25, 0.3) is 0 Å². The molecule has 0 saturated heterocycles. The highest BCUT2D eigenvalue weighted by atomic mass is 28.3. The Bertz CT molecular complexity index is 1130. The van der Waals surface area contributed by atoms with Gasteiger partial charge in [-0.25, -0.2) is 0 Å². The number of hydrogen-bond acceptors (Lipinski definition) is 0. The van der Waals surface area contributed by atoms with Gasteiger partial charge in [0.2, 0.25) is 0 Å². The van der Waals surface area contributed by atoms with Gasteiger partial charge >= 0.3 is 0 Å². The van der Waals surface area contributed by atoms with Gasteiger partial charge in [0.15, 0.2) is 0 Å². The van der Waals surface area contributed by atoms with Gasteiger partial charge in [0.05, 0.1) is 9.52 Å². The lowest BCUT2D eigenvalue weighted by Gasteiger charge is -2.27. The fraction of sp³-hybridized carbons (Fsp3) is 0.226. The van der Waals surface area contributed by atoms with Crippen LogP contribution in [-0.4, -0.2) is 18.3 Å². The molecule has 0 fully saturated rings. The minimum absolute atomic E-state index is 0.483. The monoisotopic (exact) mass is 461 g/mol. The van der Waals surface area contributed by atoms with Crippen LogP contribution >= 0.6 is 0 Å². The Kier molecular flexibility index (Phi) is 7.47. The van der Waals surface area contributed by atoms with Crippen LogP contribution in [0.1, 0.15) is 45.8 Å². The summed E-state index contributed by atoms with van der Waals surface area (Å²) in [7, 11) is -0.229. The fourth-order valence-corrected chi connectivity index (χ4v) is 9.83. The summed E-state index contributed by atoms with van der Waals surface area (Å²) in [6, 6.07) is 35.5. The van der Waals surface area contributed by atoms with E-state index in [0.29, 0.717) is 5.54 Å². The van der Waals surface area contributed by atoms with E-state index in [1.54, 1.807) is 0 Å². The average Bonchev–Trinajstić information content (AvgIpc) is 2.77. The van der Waals surface area contributed by atoms with Gasteiger partial charge in [-0.15, -0.1) is 0 Å². The second-order valence-corrected chi connectivity index (χ2v) is 13.4. The van der Waals surface area contributed by atoms with Gasteiger partial charge in [-0.1, -0.05) is 141 Å². The van der Waals surface area contributed by atoms with Crippen LogP contribution in [0.3, 0.4) is 0 Å². The van der Waals surface area contributed by atoms with Gasteiger partial charge < -0.3 is 0 Å². The third-order valence-electron chi connectivity index (χ3n) is 6.25. The smallest absolute Gasteiger partial charge is 0.0633 e. The van der Waals surface area contributed by atoms with E-state index in [1.165, 1.54) is 48.9 Å². The lowest BCUT2D eigenvalue weighted by Crippen LogP contribution is -2.48. The summed E-state index contributed by atoms with van der Waals surface area (Å²) in [6.45, 7) is 11.4. The Morgan fingerprint density at radius 3 is 1.67 bits per heavy atom. The molecule has 1 atom stereocenters. The van der Waals surface area contributed by atoms with Gasteiger partial charge in [-0.3, -0.25) is 0 Å². The first-order valence-corrected chi connectivity index (χ1v) is 14.6. The van der Waals surface area contributed by atoms with Crippen LogP contribution in [0.5, 0.6) is 0 Å². The van der Waals surface area contributed by atoms with Gasteiger partial charge in [-0.2, -0.15) is 0 Å². The average molecular weight is 462 g/mol. The molecule has 0 nitrogen and oxygen atoms in total. The molecular weight excluding hydrogens is 429 g/mol. The van der Waals surface area contributed by atoms with E-state index in [2.05, 4.69) is 126 Å². The molecule has 1 unspecified atom stereocenters. The van der Waals surface area contributed by atoms with Gasteiger partial charge in [0.25, 0.3) is 0 Å². The molecule has 0 aliphatic carbocycles. The van der Waals surface area contributed by atoms with Crippen LogP contribution < -0.4 is 15.6 Å². The zero-order valence-electron chi connectivity index (χ0n) is 20.4. The largest absolute Gasteiger partial charge is 0.128 e. The molecule has 165 valence electrons. The highest BCUT2D eigenvalue weighted by Gasteiger charge is 2.27. The van der Waals surface area contributed by atoms with Crippen molar-refractivity contribution < 1.29 is 0 Å². The van der Waals surface area contributed by atoms with Crippen molar-refractivity contribution in [2.45, 2.75) is 46.2 Å². The van der Waals surface area contributed by atoms with E-state index in [4.69, 9.17) is 0 Å². The minimum atomic E-state index is -1.02. The first-order valence-electron chi connectivity index (χ1n) is 11.8. The number of benzene rings is 4. The Balaban J connectivity index is 1.76. The van der Waals surface area contributed by atoms with Gasteiger partial charge in [-0.05, 0) is 44.8 Å². The summed E-state index contributed by atoms with van der Waals surface area (Å²) >= 11 is 0. The molecule has 4 rings (SSSR count). The third-order valence-corrected chi connectivity index (χ3v) is 10.7. The Labute approximate surface area is 204 Å². The Hall–Kier alpha value is -2.69. The predicted molar refractivity (Wildman–Crippen MR) is 147 cm³/mol. The van der Waals surface area contributed by atoms with E-state index in [9.17, 15) is 0 Å². The molecular formula is C31H33Si2. The van der Waals surface area contributed by atoms with Gasteiger partial charge in [0.1, 0.15) is 8.80 Å². The van der Waals surface area contributed by atoms with E-state index in [0.717, 1.165) is 15.6 Å². The Morgan fingerprint density at radius 1 is 0.636 bits per heavy atom. The standard InChI is InChI=1S/C31H33Si2/c1-22-15-23(2)18-28(17-22)33(29-19-24(3)16-25(4)20-29)26(5)30-13-9-10-14-31(30)32-21-27-11-7-6-8-12-27/h6-20,26H,21H2,1-5H3. The molecule has 0 heterocycles. The highest BCUT2D eigenvalue weighted by Crippen LogP contribution is 2.19. The van der Waals surface area contributed by atoms with Crippen LogP contribution in [0, 0.1) is 27.7 Å². The molecule has 0 N–H and O–H groups in total. The molecule has 3 radical (unpaired) electrons. The molecule has 4 aromatic carbocycles. The zero-order valence-corrected chi connectivity index (χ0v) is 22.4. The molecule has 0 amide bonds. The number of hydrogen-bond donors (Lipinski definition) is 0. The molecule has 0 spiro atoms. The maximum atomic E-state index is 2.47. The predicted octanol–water partition coefficient (Wildman–Crippen LogP) is 5.40. The van der Waals surface area contributed by atoms with E-state index < -0.39 is 8.80 Å². The number of aryl methyl sites for hydroxylation is 4. The van der Waals surface area contributed by atoms with E-state index in [-0.39, 0.29) is 0 Å². The van der Waals surface area contributed by atoms with Gasteiger partial charge in [0, 0.05) is 0 Å². The molecule has 0 aromatic heterocycles. The first kappa shape index (κ1) is 23.5. The molecule has 0 aliphatic rings. The molecule has 0 bridgehead atoms. The first-order chi connectivity index (χ1) is 15.9. The summed E-state index contributed by atoms with van der Waals surface area (Å²) in [5.41, 5.74) is 8.89. The molecule has 0 aliphatic heterocycles. The normalized spacial score (nSPS) is 12.2. The highest BCUT2D eigenvalue weighted by molar-refractivity contribution is 6.86. The van der Waals surface area contributed by atoms with Crippen molar-refractivity contribution in [1.82, 2.24) is 0 Å². The van der Waals surface area contributed by atoms with Crippen molar-refractivity contribution in [3.63, 3.8) is 0 Å². The van der Waals surface area contributed by atoms with E-state index >= 15 is 0 Å². The van der Waals surface area contributed by atoms with Crippen LogP contribution in [0.4, 0.5) is 0 Å². The van der Waals surface area contributed by atoms with Crippen molar-refractivity contribution in [2.75, 3.05) is 0 Å². The lowest BCUT2D eigenvalue weighted by atomic mass is 10.1. The van der Waals surface area contributed by atoms with Crippen molar-refractivity contribution >= 4 is 33.9 Å². The molecule has 2 heteroatoms. The van der Waals surface area contributed by atoms with Crippen LogP contribution in [0.2, 0.25) is 0 Å². The Morgan fingerprint density at radius 2 is 1.12 bits per heavy atom. The molecule has 0 saturated carbocycles. The maximum absolute atomic E-state index is 2.47.